The van der Waals surface area contributed by atoms with Gasteiger partial charge in [0.2, 0.25) is 5.91 Å². The van der Waals surface area contributed by atoms with Crippen LogP contribution >= 0.6 is 0 Å². The molecule has 37 heavy (non-hydrogen) atoms. The number of carbonyl (C=O) groups excluding carboxylic acids is 2. The van der Waals surface area contributed by atoms with Crippen molar-refractivity contribution in [1.82, 2.24) is 9.80 Å². The Morgan fingerprint density at radius 1 is 0.811 bits per heavy atom. The Kier molecular flexibility index (Phi) is 7.71. The molecule has 3 aromatic rings. The van der Waals surface area contributed by atoms with Crippen LogP contribution in [-0.4, -0.2) is 54.3 Å². The first-order valence-electron chi connectivity index (χ1n) is 13.5. The Hall–Kier alpha value is -3.44. The molecule has 5 heteroatoms. The van der Waals surface area contributed by atoms with Gasteiger partial charge in [0.05, 0.1) is 0 Å². The van der Waals surface area contributed by atoms with E-state index in [4.69, 9.17) is 0 Å². The Balaban J connectivity index is 1.15. The molecule has 2 fully saturated rings. The molecule has 2 aliphatic heterocycles. The normalized spacial score (nSPS) is 17.3. The van der Waals surface area contributed by atoms with Crippen molar-refractivity contribution >= 4 is 17.5 Å². The number of amides is 2. The average Bonchev–Trinajstić information content (AvgIpc) is 3.34. The molecule has 0 unspecified atom stereocenters. The molecule has 2 aliphatic rings. The van der Waals surface area contributed by atoms with Crippen molar-refractivity contribution < 1.29 is 9.59 Å². The van der Waals surface area contributed by atoms with Gasteiger partial charge in [0, 0.05) is 37.2 Å². The minimum absolute atomic E-state index is 0.0993. The fourth-order valence-corrected chi connectivity index (χ4v) is 6.06. The molecular formula is C32H37N3O2. The monoisotopic (exact) mass is 495 g/mol. The number of likely N-dealkylation sites (tertiary alicyclic amines) is 2. The summed E-state index contributed by atoms with van der Waals surface area (Å²) >= 11 is 0. The van der Waals surface area contributed by atoms with Gasteiger partial charge in [-0.3, -0.25) is 9.59 Å². The summed E-state index contributed by atoms with van der Waals surface area (Å²) in [4.78, 5) is 29.0. The summed E-state index contributed by atoms with van der Waals surface area (Å²) in [5.41, 5.74) is 4.43. The van der Waals surface area contributed by atoms with Gasteiger partial charge in [0.1, 0.15) is 0 Å². The van der Waals surface area contributed by atoms with Gasteiger partial charge in [-0.15, -0.1) is 0 Å². The second-order valence-corrected chi connectivity index (χ2v) is 10.7. The maximum Gasteiger partial charge on any atom is 0.253 e. The first-order chi connectivity index (χ1) is 18.0. The maximum absolute atomic E-state index is 13.1. The van der Waals surface area contributed by atoms with Gasteiger partial charge in [-0.1, -0.05) is 60.7 Å². The number of nitrogens with one attached hydrogen (secondary N) is 1. The number of hydrogen-bond acceptors (Lipinski definition) is 3. The fraction of sp³-hybridized carbons (Fsp3) is 0.375. The lowest BCUT2D eigenvalue weighted by atomic mass is 9.77. The summed E-state index contributed by atoms with van der Waals surface area (Å²) in [5.74, 6) is 0.403. The number of piperidine rings is 1. The van der Waals surface area contributed by atoms with Gasteiger partial charge in [-0.05, 0) is 86.1 Å². The third kappa shape index (κ3) is 6.11. The van der Waals surface area contributed by atoms with E-state index in [1.54, 1.807) is 12.1 Å². The molecule has 0 aromatic heterocycles. The molecule has 5 rings (SSSR count). The molecule has 1 N–H and O–H groups in total. The molecule has 2 heterocycles. The summed E-state index contributed by atoms with van der Waals surface area (Å²) in [7, 11) is 0. The highest BCUT2D eigenvalue weighted by molar-refractivity contribution is 5.95. The van der Waals surface area contributed by atoms with E-state index >= 15 is 0 Å². The van der Waals surface area contributed by atoms with E-state index in [2.05, 4.69) is 70.9 Å². The minimum Gasteiger partial charge on any atom is -0.338 e. The Morgan fingerprint density at radius 3 is 1.95 bits per heavy atom. The molecule has 0 radical (unpaired) electrons. The van der Waals surface area contributed by atoms with Crippen molar-refractivity contribution in [2.75, 3.05) is 38.0 Å². The van der Waals surface area contributed by atoms with Crippen molar-refractivity contribution in [2.24, 2.45) is 5.41 Å². The summed E-state index contributed by atoms with van der Waals surface area (Å²) < 4.78 is 0. The van der Waals surface area contributed by atoms with Gasteiger partial charge < -0.3 is 15.1 Å². The molecule has 5 nitrogen and oxygen atoms in total. The zero-order valence-corrected chi connectivity index (χ0v) is 21.7. The number of benzene rings is 3. The van der Waals surface area contributed by atoms with Crippen molar-refractivity contribution in [3.05, 3.63) is 102 Å². The predicted molar refractivity (Wildman–Crippen MR) is 149 cm³/mol. The van der Waals surface area contributed by atoms with Gasteiger partial charge in [0.25, 0.3) is 5.91 Å². The van der Waals surface area contributed by atoms with Crippen LogP contribution in [0, 0.1) is 5.41 Å². The lowest BCUT2D eigenvalue weighted by molar-refractivity contribution is -0.114. The lowest BCUT2D eigenvalue weighted by Gasteiger charge is -2.39. The second kappa shape index (κ2) is 11.3. The molecule has 0 bridgehead atoms. The largest absolute Gasteiger partial charge is 0.338 e. The van der Waals surface area contributed by atoms with Crippen molar-refractivity contribution in [2.45, 2.75) is 38.5 Å². The van der Waals surface area contributed by atoms with Gasteiger partial charge in [-0.2, -0.15) is 0 Å². The zero-order chi connectivity index (χ0) is 25.7. The van der Waals surface area contributed by atoms with Crippen LogP contribution in [0.2, 0.25) is 0 Å². The topological polar surface area (TPSA) is 52.7 Å². The molecule has 2 saturated heterocycles. The molecule has 0 atom stereocenters. The molecule has 0 saturated carbocycles. The molecule has 2 amide bonds. The standard InChI is InChI=1S/C32H37N3O2/c1-25(36)33-29-14-12-28(13-15-29)31(37)35-23-19-32(24-35)17-21-34(22-18-32)20-16-30(26-8-4-2-5-9-26)27-10-6-3-7-11-27/h2-15,30H,16-24H2,1H3,(H,33,36). The van der Waals surface area contributed by atoms with Crippen LogP contribution in [0.4, 0.5) is 5.69 Å². The average molecular weight is 496 g/mol. The third-order valence-electron chi connectivity index (χ3n) is 8.23. The van der Waals surface area contributed by atoms with Crippen LogP contribution in [0.25, 0.3) is 0 Å². The zero-order valence-electron chi connectivity index (χ0n) is 21.7. The summed E-state index contributed by atoms with van der Waals surface area (Å²) in [6.45, 7) is 6.46. The second-order valence-electron chi connectivity index (χ2n) is 10.7. The van der Waals surface area contributed by atoms with E-state index in [-0.39, 0.29) is 17.2 Å². The van der Waals surface area contributed by atoms with E-state index in [9.17, 15) is 9.59 Å². The third-order valence-corrected chi connectivity index (χ3v) is 8.23. The molecule has 1 spiro atoms. The fourth-order valence-electron chi connectivity index (χ4n) is 6.06. The van der Waals surface area contributed by atoms with Crippen LogP contribution in [0.15, 0.2) is 84.9 Å². The lowest BCUT2D eigenvalue weighted by Crippen LogP contribution is -2.42. The number of carbonyl (C=O) groups is 2. The quantitative estimate of drug-likeness (QED) is 0.451. The maximum atomic E-state index is 13.1. The smallest absolute Gasteiger partial charge is 0.253 e. The Morgan fingerprint density at radius 2 is 1.38 bits per heavy atom. The van der Waals surface area contributed by atoms with Crippen molar-refractivity contribution in [1.29, 1.82) is 0 Å². The van der Waals surface area contributed by atoms with Crippen molar-refractivity contribution in [3.63, 3.8) is 0 Å². The number of anilines is 1. The summed E-state index contributed by atoms with van der Waals surface area (Å²) in [6.07, 6.45) is 4.51. The Labute approximate surface area is 220 Å². The van der Waals surface area contributed by atoms with Gasteiger partial charge >= 0.3 is 0 Å². The summed E-state index contributed by atoms with van der Waals surface area (Å²) in [5, 5.41) is 2.76. The van der Waals surface area contributed by atoms with E-state index in [1.165, 1.54) is 18.1 Å². The van der Waals surface area contributed by atoms with Gasteiger partial charge in [0.15, 0.2) is 0 Å². The van der Waals surface area contributed by atoms with Crippen LogP contribution in [0.1, 0.15) is 60.0 Å². The van der Waals surface area contributed by atoms with Crippen LogP contribution < -0.4 is 5.32 Å². The number of rotatable bonds is 7. The predicted octanol–water partition coefficient (Wildman–Crippen LogP) is 5.80. The van der Waals surface area contributed by atoms with Crippen LogP contribution in [-0.2, 0) is 4.79 Å². The van der Waals surface area contributed by atoms with E-state index in [1.807, 2.05) is 17.0 Å². The van der Waals surface area contributed by atoms with Crippen LogP contribution in [0.3, 0.4) is 0 Å². The highest BCUT2D eigenvalue weighted by Gasteiger charge is 2.42. The summed E-state index contributed by atoms with van der Waals surface area (Å²) in [6, 6.07) is 29.0. The van der Waals surface area contributed by atoms with Crippen molar-refractivity contribution in [3.8, 4) is 0 Å². The van der Waals surface area contributed by atoms with E-state index in [0.717, 1.165) is 64.1 Å². The molecule has 3 aromatic carbocycles. The highest BCUT2D eigenvalue weighted by Crippen LogP contribution is 2.41. The first-order valence-corrected chi connectivity index (χ1v) is 13.5. The molecular weight excluding hydrogens is 458 g/mol. The number of nitrogens with zero attached hydrogens (tertiary/aromatic N) is 2. The number of hydrogen-bond donors (Lipinski definition) is 1. The highest BCUT2D eigenvalue weighted by atomic mass is 16.2. The molecule has 192 valence electrons. The first kappa shape index (κ1) is 25.2. The van der Waals surface area contributed by atoms with E-state index < -0.39 is 0 Å². The van der Waals surface area contributed by atoms with Crippen LogP contribution in [0.5, 0.6) is 0 Å². The minimum atomic E-state index is -0.109. The Bertz CT molecular complexity index is 1150. The van der Waals surface area contributed by atoms with E-state index in [0.29, 0.717) is 11.5 Å². The molecule has 0 aliphatic carbocycles. The van der Waals surface area contributed by atoms with Gasteiger partial charge in [-0.25, -0.2) is 0 Å². The SMILES string of the molecule is CC(=O)Nc1ccc(C(=O)N2CCC3(CCN(CCC(c4ccccc4)c4ccccc4)CC3)C2)cc1.